The van der Waals surface area contributed by atoms with Gasteiger partial charge in [-0.15, -0.1) is 0 Å². The summed E-state index contributed by atoms with van der Waals surface area (Å²) in [5.74, 6) is -3.09. The zero-order valence-electron chi connectivity index (χ0n) is 20.6. The molecular formula is C28H17BrClF3N2O4S2. The first-order valence-corrected chi connectivity index (χ1v) is 15.0. The summed E-state index contributed by atoms with van der Waals surface area (Å²) in [5.41, 5.74) is -0.303. The highest BCUT2D eigenvalue weighted by atomic mass is 79.9. The number of para-hydroxylation sites is 1. The van der Waals surface area contributed by atoms with E-state index in [9.17, 15) is 27.6 Å². The zero-order valence-corrected chi connectivity index (χ0v) is 24.6. The minimum absolute atomic E-state index is 0.138. The molecule has 0 saturated carbocycles. The van der Waals surface area contributed by atoms with Gasteiger partial charge in [-0.05, 0) is 48.0 Å². The number of thioether (sulfide) groups is 1. The maximum Gasteiger partial charge on any atom is 0.418 e. The van der Waals surface area contributed by atoms with Gasteiger partial charge in [-0.1, -0.05) is 74.9 Å². The standard InChI is InChI=1S/C28H17BrClF3N2O4S2/c29-14-8-9-19(39-12-13-4-3-5-15(30)10-13)16(11-14)20-21-23(40-24-22(20)41-27(38)34-24)26(37)35(25(21)36)18-7-2-1-6-17(18)28(31,32)33/h1-11,20-21,23H,12H2,(H,34,38)/t20-,21-,23+/m0/s1. The number of thiazole rings is 1. The summed E-state index contributed by atoms with van der Waals surface area (Å²) in [7, 11) is 0. The van der Waals surface area contributed by atoms with Crippen molar-refractivity contribution in [1.82, 2.24) is 4.98 Å². The van der Waals surface area contributed by atoms with Gasteiger partial charge < -0.3 is 9.72 Å². The molecule has 210 valence electrons. The lowest BCUT2D eigenvalue weighted by Gasteiger charge is -2.31. The van der Waals surface area contributed by atoms with E-state index in [1.54, 1.807) is 36.4 Å². The number of aromatic amines is 1. The highest BCUT2D eigenvalue weighted by Crippen LogP contribution is 2.55. The Labute approximate surface area is 252 Å². The molecule has 0 unspecified atom stereocenters. The molecule has 3 aromatic carbocycles. The summed E-state index contributed by atoms with van der Waals surface area (Å²) < 4.78 is 48.5. The van der Waals surface area contributed by atoms with Crippen molar-refractivity contribution in [3.63, 3.8) is 0 Å². The van der Waals surface area contributed by atoms with E-state index >= 15 is 0 Å². The Balaban J connectivity index is 1.46. The molecule has 6 nitrogen and oxygen atoms in total. The first-order chi connectivity index (χ1) is 19.5. The van der Waals surface area contributed by atoms with Crippen molar-refractivity contribution in [2.75, 3.05) is 4.90 Å². The van der Waals surface area contributed by atoms with Gasteiger partial charge in [0, 0.05) is 25.9 Å². The van der Waals surface area contributed by atoms with Crippen LogP contribution in [-0.2, 0) is 22.4 Å². The number of alkyl halides is 3. The first kappa shape index (κ1) is 28.1. The average Bonchev–Trinajstić information content (AvgIpc) is 3.41. The van der Waals surface area contributed by atoms with Crippen LogP contribution in [0.15, 0.2) is 81.0 Å². The van der Waals surface area contributed by atoms with Gasteiger partial charge in [0.1, 0.15) is 17.6 Å². The Morgan fingerprint density at radius 2 is 1.78 bits per heavy atom. The number of hydrogen-bond acceptors (Lipinski definition) is 6. The number of carbonyl (C=O) groups excluding carboxylic acids is 2. The lowest BCUT2D eigenvalue weighted by Crippen LogP contribution is -2.33. The summed E-state index contributed by atoms with van der Waals surface area (Å²) in [6, 6.07) is 16.8. The van der Waals surface area contributed by atoms with E-state index < -0.39 is 46.3 Å². The fourth-order valence-electron chi connectivity index (χ4n) is 5.18. The maximum atomic E-state index is 14.0. The number of hydrogen-bond donors (Lipinski definition) is 1. The third-order valence-corrected chi connectivity index (χ3v) is 9.99. The van der Waals surface area contributed by atoms with Gasteiger partial charge in [-0.2, -0.15) is 13.2 Å². The molecule has 3 atom stereocenters. The molecule has 1 saturated heterocycles. The predicted octanol–water partition coefficient (Wildman–Crippen LogP) is 7.25. The van der Waals surface area contributed by atoms with Crippen molar-refractivity contribution in [2.24, 2.45) is 5.92 Å². The molecule has 2 aliphatic rings. The lowest BCUT2D eigenvalue weighted by atomic mass is 9.82. The zero-order chi connectivity index (χ0) is 29.1. The summed E-state index contributed by atoms with van der Waals surface area (Å²) in [5, 5.41) is -0.129. The van der Waals surface area contributed by atoms with Crippen LogP contribution in [0.2, 0.25) is 5.02 Å². The monoisotopic (exact) mass is 680 g/mol. The van der Waals surface area contributed by atoms with Crippen molar-refractivity contribution >= 4 is 68.1 Å². The number of ether oxygens (including phenoxy) is 1. The molecule has 2 amide bonds. The molecule has 1 fully saturated rings. The Morgan fingerprint density at radius 3 is 2.54 bits per heavy atom. The third kappa shape index (κ3) is 5.11. The minimum Gasteiger partial charge on any atom is -0.489 e. The van der Waals surface area contributed by atoms with Gasteiger partial charge in [-0.25, -0.2) is 4.90 Å². The number of rotatable bonds is 5. The Morgan fingerprint density at radius 1 is 1.00 bits per heavy atom. The number of H-pyrrole nitrogens is 1. The van der Waals surface area contributed by atoms with Crippen LogP contribution in [0.25, 0.3) is 0 Å². The molecule has 1 aromatic heterocycles. The van der Waals surface area contributed by atoms with Crippen LogP contribution in [0.4, 0.5) is 18.9 Å². The van der Waals surface area contributed by atoms with Gasteiger partial charge in [0.2, 0.25) is 11.8 Å². The molecule has 0 aliphatic carbocycles. The number of benzene rings is 3. The normalized spacial score (nSPS) is 20.2. The van der Waals surface area contributed by atoms with Gasteiger partial charge in [0.05, 0.1) is 22.2 Å². The van der Waals surface area contributed by atoms with Crippen molar-refractivity contribution in [3.05, 3.63) is 107 Å². The maximum absolute atomic E-state index is 14.0. The summed E-state index contributed by atoms with van der Waals surface area (Å²) >= 11 is 11.5. The summed E-state index contributed by atoms with van der Waals surface area (Å²) in [6.45, 7) is 0.138. The Hall–Kier alpha value is -3.06. The molecule has 0 spiro atoms. The minimum atomic E-state index is -4.78. The number of imide groups is 1. The Kier molecular flexibility index (Phi) is 7.29. The van der Waals surface area contributed by atoms with Crippen molar-refractivity contribution in [1.29, 1.82) is 0 Å². The van der Waals surface area contributed by atoms with Gasteiger partial charge in [0.15, 0.2) is 0 Å². The molecule has 0 bridgehead atoms. The van der Waals surface area contributed by atoms with Crippen LogP contribution in [-0.4, -0.2) is 22.0 Å². The number of halogens is 5. The summed E-state index contributed by atoms with van der Waals surface area (Å²) in [4.78, 5) is 43.7. The van der Waals surface area contributed by atoms with E-state index in [4.69, 9.17) is 16.3 Å². The second kappa shape index (κ2) is 10.6. The number of fused-ring (bicyclic) bond motifs is 2. The van der Waals surface area contributed by atoms with E-state index in [0.29, 0.717) is 35.6 Å². The lowest BCUT2D eigenvalue weighted by molar-refractivity contribution is -0.137. The van der Waals surface area contributed by atoms with Crippen LogP contribution in [0.5, 0.6) is 5.75 Å². The van der Waals surface area contributed by atoms with E-state index in [2.05, 4.69) is 20.9 Å². The summed E-state index contributed by atoms with van der Waals surface area (Å²) in [6.07, 6.45) is -4.78. The fourth-order valence-corrected chi connectivity index (χ4v) is 8.28. The number of aromatic nitrogens is 1. The van der Waals surface area contributed by atoms with Gasteiger partial charge in [0.25, 0.3) is 0 Å². The average molecular weight is 682 g/mol. The van der Waals surface area contributed by atoms with Crippen LogP contribution < -0.4 is 14.5 Å². The molecule has 6 rings (SSSR count). The predicted molar refractivity (Wildman–Crippen MR) is 154 cm³/mol. The molecule has 13 heteroatoms. The second-order valence-corrected chi connectivity index (χ2v) is 12.9. The number of nitrogens with zero attached hydrogens (tertiary/aromatic N) is 1. The van der Waals surface area contributed by atoms with Crippen molar-refractivity contribution in [3.8, 4) is 5.75 Å². The fraction of sp³-hybridized carbons (Fsp3) is 0.179. The highest BCUT2D eigenvalue weighted by Gasteiger charge is 2.57. The number of amides is 2. The second-order valence-electron chi connectivity index (χ2n) is 9.38. The molecule has 0 radical (unpaired) electrons. The van der Waals surface area contributed by atoms with Gasteiger partial charge >= 0.3 is 11.0 Å². The van der Waals surface area contributed by atoms with Crippen LogP contribution in [0.3, 0.4) is 0 Å². The largest absolute Gasteiger partial charge is 0.489 e. The molecule has 4 aromatic rings. The van der Waals surface area contributed by atoms with E-state index in [0.717, 1.165) is 40.8 Å². The SMILES string of the molecule is O=C1[C@H]2[C@H](c3cc(Br)ccc3OCc3cccc(Cl)c3)c3sc(=O)[nH]c3S[C@H]2C(=O)N1c1ccccc1C(F)(F)F. The molecule has 41 heavy (non-hydrogen) atoms. The van der Waals surface area contributed by atoms with Crippen LogP contribution >= 0.6 is 50.6 Å². The van der Waals surface area contributed by atoms with E-state index in [1.165, 1.54) is 12.1 Å². The topological polar surface area (TPSA) is 79.5 Å². The third-order valence-electron chi connectivity index (χ3n) is 6.86. The Bertz CT molecular complexity index is 1760. The van der Waals surface area contributed by atoms with E-state index in [-0.39, 0.29) is 11.5 Å². The highest BCUT2D eigenvalue weighted by molar-refractivity contribution is 9.10. The number of carbonyl (C=O) groups is 2. The van der Waals surface area contributed by atoms with Crippen molar-refractivity contribution < 1.29 is 27.5 Å². The first-order valence-electron chi connectivity index (χ1n) is 12.1. The van der Waals surface area contributed by atoms with E-state index in [1.807, 2.05) is 6.07 Å². The number of anilines is 1. The number of nitrogens with one attached hydrogen (secondary N) is 1. The smallest absolute Gasteiger partial charge is 0.418 e. The molecule has 1 N–H and O–H groups in total. The molecular weight excluding hydrogens is 665 g/mol. The van der Waals surface area contributed by atoms with Crippen molar-refractivity contribution in [2.45, 2.75) is 29.0 Å². The molecule has 3 heterocycles. The molecule has 2 aliphatic heterocycles. The quantitative estimate of drug-likeness (QED) is 0.225. The van der Waals surface area contributed by atoms with Gasteiger partial charge in [-0.3, -0.25) is 14.4 Å². The van der Waals surface area contributed by atoms with Crippen LogP contribution in [0.1, 0.15) is 27.5 Å². The van der Waals surface area contributed by atoms with Crippen LogP contribution in [0, 0.1) is 5.92 Å².